The van der Waals surface area contributed by atoms with Gasteiger partial charge < -0.3 is 18.8 Å². The van der Waals surface area contributed by atoms with E-state index in [2.05, 4.69) is 27.5 Å². The molecule has 3 aromatic rings. The zero-order valence-corrected chi connectivity index (χ0v) is 25.0. The van der Waals surface area contributed by atoms with E-state index in [1.165, 1.54) is 10.8 Å². The van der Waals surface area contributed by atoms with E-state index < -0.39 is 17.3 Å². The molecular weight excluding hydrogens is 581 g/mol. The third-order valence-corrected chi connectivity index (χ3v) is 8.17. The van der Waals surface area contributed by atoms with Crippen molar-refractivity contribution < 1.29 is 32.2 Å². The summed E-state index contributed by atoms with van der Waals surface area (Å²) >= 11 is 6.55. The molecule has 0 aromatic carbocycles. The van der Waals surface area contributed by atoms with Gasteiger partial charge in [0, 0.05) is 35.8 Å². The van der Waals surface area contributed by atoms with Crippen molar-refractivity contribution in [3.05, 3.63) is 47.0 Å². The first-order chi connectivity index (χ1) is 19.4. The van der Waals surface area contributed by atoms with E-state index in [0.29, 0.717) is 37.5 Å². The molecule has 1 saturated carbocycles. The Bertz CT molecular complexity index is 1380. The van der Waals surface area contributed by atoms with Crippen molar-refractivity contribution in [2.45, 2.75) is 46.0 Å². The first-order valence-corrected chi connectivity index (χ1v) is 15.7. The molecule has 0 atom stereocenters. The number of hydrogen-bond acceptors (Lipinski definition) is 7. The third kappa shape index (κ3) is 7.34. The Hall–Kier alpha value is -2.83. The summed E-state index contributed by atoms with van der Waals surface area (Å²) in [4.78, 5) is 24.9. The monoisotopic (exact) mass is 613 g/mol. The highest BCUT2D eigenvalue weighted by Gasteiger charge is 2.46. The molecule has 0 amide bonds. The highest BCUT2D eigenvalue weighted by Crippen LogP contribution is 2.42. The molecule has 1 aliphatic carbocycles. The number of imidazole rings is 1. The predicted octanol–water partition coefficient (Wildman–Crippen LogP) is 5.95. The van der Waals surface area contributed by atoms with Gasteiger partial charge in [-0.25, -0.2) is 9.97 Å². The molecule has 13 heteroatoms. The first kappa shape index (κ1) is 31.1. The number of rotatable bonds is 12. The summed E-state index contributed by atoms with van der Waals surface area (Å²) in [6.45, 7) is 4.45. The van der Waals surface area contributed by atoms with Crippen LogP contribution >= 0.6 is 11.6 Å². The van der Waals surface area contributed by atoms with Crippen LogP contribution in [0.2, 0.25) is 5.02 Å². The van der Waals surface area contributed by atoms with E-state index in [0.717, 1.165) is 29.5 Å². The molecule has 0 aliphatic heterocycles. The maximum Gasteiger partial charge on any atom is 0.434 e. The van der Waals surface area contributed by atoms with E-state index in [1.54, 1.807) is 25.3 Å². The second-order valence-electron chi connectivity index (χ2n) is 10.2. The normalized spacial score (nSPS) is 14.7. The van der Waals surface area contributed by atoms with Gasteiger partial charge >= 0.3 is 12.1 Å². The SMILES string of the molecule is CCOC(=O)C1(COc2cc(C)c(-c3cnc(-c4nc(C(F)(F)F)cn4COCC[S+](C)C)c(Cl)c3)cn2)CCC1. The zero-order chi connectivity index (χ0) is 29.8. The average molecular weight is 614 g/mol. The van der Waals surface area contributed by atoms with Crippen molar-refractivity contribution in [2.24, 2.45) is 5.41 Å². The van der Waals surface area contributed by atoms with Crippen LogP contribution in [0.25, 0.3) is 22.6 Å². The highest BCUT2D eigenvalue weighted by atomic mass is 35.5. The molecule has 3 heterocycles. The van der Waals surface area contributed by atoms with Crippen LogP contribution < -0.4 is 4.74 Å². The summed E-state index contributed by atoms with van der Waals surface area (Å²) in [6.07, 6.45) is 5.90. The molecule has 1 fully saturated rings. The number of ether oxygens (including phenoxy) is 3. The largest absolute Gasteiger partial charge is 0.476 e. The number of halogens is 4. The summed E-state index contributed by atoms with van der Waals surface area (Å²) in [6, 6.07) is 3.37. The average Bonchev–Trinajstić information content (AvgIpc) is 3.30. The molecule has 0 unspecified atom stereocenters. The number of nitrogens with zero attached hydrogens (tertiary/aromatic N) is 4. The van der Waals surface area contributed by atoms with E-state index >= 15 is 0 Å². The fraction of sp³-hybridized carbons (Fsp3) is 0.500. The fourth-order valence-corrected chi connectivity index (χ4v) is 5.10. The standard InChI is InChI=1S/C28H33ClF3N4O4S/c1-5-39-26(37)27(7-6-8-27)16-40-23-11-18(2)20(14-33-23)19-12-21(29)24(34-13-19)25-35-22(28(30,31)32)15-36(25)17-38-9-10-41(3)4/h11-15H,5-10,16-17H2,1-4H3/q+1. The van der Waals surface area contributed by atoms with E-state index in [4.69, 9.17) is 25.8 Å². The lowest BCUT2D eigenvalue weighted by atomic mass is 9.69. The Labute approximate surface area is 244 Å². The Balaban J connectivity index is 1.53. The maximum absolute atomic E-state index is 13.5. The van der Waals surface area contributed by atoms with E-state index in [9.17, 15) is 18.0 Å². The van der Waals surface area contributed by atoms with Gasteiger partial charge in [0.25, 0.3) is 0 Å². The molecule has 0 N–H and O–H groups in total. The number of carbonyl (C=O) groups excluding carboxylic acids is 1. The predicted molar refractivity (Wildman–Crippen MR) is 152 cm³/mol. The van der Waals surface area contributed by atoms with Crippen molar-refractivity contribution in [1.82, 2.24) is 19.5 Å². The minimum atomic E-state index is -4.63. The molecule has 4 rings (SSSR count). The van der Waals surface area contributed by atoms with Gasteiger partial charge in [-0.05, 0) is 49.2 Å². The van der Waals surface area contributed by atoms with Gasteiger partial charge in [-0.15, -0.1) is 0 Å². The number of esters is 1. The number of pyridine rings is 2. The van der Waals surface area contributed by atoms with Crippen LogP contribution in [0, 0.1) is 12.3 Å². The molecule has 0 radical (unpaired) electrons. The number of hydrogen-bond donors (Lipinski definition) is 0. The van der Waals surface area contributed by atoms with Gasteiger partial charge in [0.2, 0.25) is 5.88 Å². The molecular formula is C28H33ClF3N4O4S+. The highest BCUT2D eigenvalue weighted by molar-refractivity contribution is 7.95. The Morgan fingerprint density at radius 2 is 1.95 bits per heavy atom. The van der Waals surface area contributed by atoms with Crippen LogP contribution in [0.4, 0.5) is 13.2 Å². The third-order valence-electron chi connectivity index (χ3n) is 6.90. The van der Waals surface area contributed by atoms with Gasteiger partial charge in [0.05, 0.1) is 30.7 Å². The van der Waals surface area contributed by atoms with Gasteiger partial charge in [0.15, 0.2) is 11.5 Å². The summed E-state index contributed by atoms with van der Waals surface area (Å²) in [5.74, 6) is 0.891. The summed E-state index contributed by atoms with van der Waals surface area (Å²) in [7, 11) is 0.147. The minimum Gasteiger partial charge on any atom is -0.476 e. The molecule has 0 saturated heterocycles. The zero-order valence-electron chi connectivity index (χ0n) is 23.4. The van der Waals surface area contributed by atoms with Crippen LogP contribution in [0.3, 0.4) is 0 Å². The van der Waals surface area contributed by atoms with Crippen LogP contribution in [0.1, 0.15) is 37.4 Å². The summed E-state index contributed by atoms with van der Waals surface area (Å²) in [5.41, 5.74) is 0.593. The van der Waals surface area contributed by atoms with E-state index in [1.807, 2.05) is 6.92 Å². The lowest BCUT2D eigenvalue weighted by Gasteiger charge is -2.38. The lowest BCUT2D eigenvalue weighted by molar-refractivity contribution is -0.163. The first-order valence-electron chi connectivity index (χ1n) is 13.1. The van der Waals surface area contributed by atoms with Crippen LogP contribution in [-0.2, 0) is 38.1 Å². The Kier molecular flexibility index (Phi) is 9.86. The smallest absolute Gasteiger partial charge is 0.434 e. The fourth-order valence-electron chi connectivity index (χ4n) is 4.40. The molecule has 3 aromatic heterocycles. The van der Waals surface area contributed by atoms with Crippen LogP contribution in [0.5, 0.6) is 5.88 Å². The van der Waals surface area contributed by atoms with Gasteiger partial charge in [-0.1, -0.05) is 18.0 Å². The lowest BCUT2D eigenvalue weighted by Crippen LogP contribution is -2.44. The molecule has 222 valence electrons. The molecule has 8 nitrogen and oxygen atoms in total. The van der Waals surface area contributed by atoms with Crippen LogP contribution in [-0.4, -0.2) is 63.6 Å². The van der Waals surface area contributed by atoms with Gasteiger partial charge in [0.1, 0.15) is 30.2 Å². The second kappa shape index (κ2) is 13.0. The Morgan fingerprint density at radius 3 is 2.54 bits per heavy atom. The number of carbonyl (C=O) groups is 1. The minimum absolute atomic E-state index is 0.0361. The summed E-state index contributed by atoms with van der Waals surface area (Å²) in [5, 5.41) is 0.132. The molecule has 0 bridgehead atoms. The van der Waals surface area contributed by atoms with Crippen molar-refractivity contribution in [3.63, 3.8) is 0 Å². The number of aromatic nitrogens is 4. The topological polar surface area (TPSA) is 88.4 Å². The summed E-state index contributed by atoms with van der Waals surface area (Å²) < 4.78 is 58.4. The van der Waals surface area contributed by atoms with Crippen LogP contribution in [0.15, 0.2) is 30.7 Å². The molecule has 1 aliphatic rings. The number of aryl methyl sites for hydroxylation is 1. The molecule has 0 spiro atoms. The van der Waals surface area contributed by atoms with Crippen molar-refractivity contribution in [2.75, 3.05) is 38.1 Å². The van der Waals surface area contributed by atoms with E-state index in [-0.39, 0.29) is 46.7 Å². The number of alkyl halides is 3. The van der Waals surface area contributed by atoms with Gasteiger partial charge in [-0.3, -0.25) is 9.78 Å². The van der Waals surface area contributed by atoms with Gasteiger partial charge in [-0.2, -0.15) is 13.2 Å². The van der Waals surface area contributed by atoms with Crippen molar-refractivity contribution >= 4 is 28.5 Å². The molecule has 41 heavy (non-hydrogen) atoms. The second-order valence-corrected chi connectivity index (χ2v) is 13.0. The van der Waals surface area contributed by atoms with Crippen molar-refractivity contribution in [3.8, 4) is 28.5 Å². The van der Waals surface area contributed by atoms with Crippen molar-refractivity contribution in [1.29, 1.82) is 0 Å². The Morgan fingerprint density at radius 1 is 1.20 bits per heavy atom. The quantitative estimate of drug-likeness (QED) is 0.142. The maximum atomic E-state index is 13.5.